The molecule has 0 atom stereocenters. The number of amides is 1. The van der Waals surface area contributed by atoms with Crippen LogP contribution in [-0.4, -0.2) is 38.6 Å². The molecule has 0 aliphatic carbocycles. The Morgan fingerprint density at radius 2 is 1.89 bits per heavy atom. The summed E-state index contributed by atoms with van der Waals surface area (Å²) in [5, 5.41) is 4.00. The van der Waals surface area contributed by atoms with Crippen molar-refractivity contribution >= 4 is 5.91 Å². The molecular formula is C20H21FN4O2. The summed E-state index contributed by atoms with van der Waals surface area (Å²) >= 11 is 0. The minimum absolute atomic E-state index is 0.137. The van der Waals surface area contributed by atoms with Gasteiger partial charge in [0.15, 0.2) is 0 Å². The molecule has 1 saturated heterocycles. The summed E-state index contributed by atoms with van der Waals surface area (Å²) in [6, 6.07) is 7.90. The standard InChI is InChI=1S/C20H21FN4O2/c1-13-11-17(14(2)25(13)12-18(26)24-9-3-4-10-24)20-22-19(23-27-20)15-5-7-16(21)8-6-15/h5-8,11H,3-4,9-10,12H2,1-2H3. The summed E-state index contributed by atoms with van der Waals surface area (Å²) < 4.78 is 20.5. The number of nitrogens with zero attached hydrogens (tertiary/aromatic N) is 4. The van der Waals surface area contributed by atoms with E-state index in [1.54, 1.807) is 12.1 Å². The Morgan fingerprint density at radius 1 is 1.19 bits per heavy atom. The highest BCUT2D eigenvalue weighted by atomic mass is 19.1. The Labute approximate surface area is 156 Å². The van der Waals surface area contributed by atoms with E-state index in [1.165, 1.54) is 12.1 Å². The molecule has 1 aromatic carbocycles. The SMILES string of the molecule is Cc1cc(-c2nc(-c3ccc(F)cc3)no2)c(C)n1CC(=O)N1CCCC1. The minimum Gasteiger partial charge on any atom is -0.341 e. The summed E-state index contributed by atoms with van der Waals surface area (Å²) in [5.41, 5.74) is 3.37. The van der Waals surface area contributed by atoms with Gasteiger partial charge < -0.3 is 14.0 Å². The lowest BCUT2D eigenvalue weighted by atomic mass is 10.2. The molecule has 0 saturated carbocycles. The molecule has 6 nitrogen and oxygen atoms in total. The monoisotopic (exact) mass is 368 g/mol. The average Bonchev–Trinajstić information content (AvgIpc) is 3.39. The molecule has 3 aromatic rings. The highest BCUT2D eigenvalue weighted by Crippen LogP contribution is 2.28. The Bertz CT molecular complexity index is 969. The van der Waals surface area contributed by atoms with Crippen LogP contribution in [0.5, 0.6) is 0 Å². The predicted molar refractivity (Wildman–Crippen MR) is 98.4 cm³/mol. The number of hydrogen-bond acceptors (Lipinski definition) is 4. The molecule has 1 aliphatic rings. The zero-order chi connectivity index (χ0) is 19.0. The van der Waals surface area contributed by atoms with Crippen molar-refractivity contribution in [2.75, 3.05) is 13.1 Å². The molecule has 4 rings (SSSR count). The van der Waals surface area contributed by atoms with Crippen molar-refractivity contribution in [3.05, 3.63) is 47.5 Å². The fourth-order valence-corrected chi connectivity index (χ4v) is 3.51. The first-order valence-electron chi connectivity index (χ1n) is 9.07. The first-order valence-corrected chi connectivity index (χ1v) is 9.07. The first-order chi connectivity index (χ1) is 13.0. The quantitative estimate of drug-likeness (QED) is 0.706. The van der Waals surface area contributed by atoms with Crippen LogP contribution in [0.15, 0.2) is 34.9 Å². The predicted octanol–water partition coefficient (Wildman–Crippen LogP) is 3.58. The summed E-state index contributed by atoms with van der Waals surface area (Å²) in [6.07, 6.45) is 2.16. The Balaban J connectivity index is 1.59. The molecule has 0 spiro atoms. The van der Waals surface area contributed by atoms with Crippen molar-refractivity contribution in [3.63, 3.8) is 0 Å². The Kier molecular flexibility index (Phi) is 4.51. The number of aryl methyl sites for hydroxylation is 1. The molecule has 0 N–H and O–H groups in total. The second-order valence-corrected chi connectivity index (χ2v) is 6.89. The fourth-order valence-electron chi connectivity index (χ4n) is 3.51. The van der Waals surface area contributed by atoms with Gasteiger partial charge in [-0.1, -0.05) is 5.16 Å². The highest BCUT2D eigenvalue weighted by molar-refractivity contribution is 5.77. The van der Waals surface area contributed by atoms with Crippen LogP contribution in [0.3, 0.4) is 0 Å². The molecule has 140 valence electrons. The van der Waals surface area contributed by atoms with Crippen molar-refractivity contribution in [3.8, 4) is 22.8 Å². The van der Waals surface area contributed by atoms with E-state index in [0.29, 0.717) is 23.8 Å². The average molecular weight is 368 g/mol. The summed E-state index contributed by atoms with van der Waals surface area (Å²) in [5.74, 6) is 0.623. The van der Waals surface area contributed by atoms with Gasteiger partial charge in [-0.15, -0.1) is 0 Å². The number of benzene rings is 1. The van der Waals surface area contributed by atoms with Crippen molar-refractivity contribution in [2.24, 2.45) is 0 Å². The number of aromatic nitrogens is 3. The summed E-state index contributed by atoms with van der Waals surface area (Å²) in [4.78, 5) is 18.9. The maximum atomic E-state index is 13.1. The third-order valence-electron chi connectivity index (χ3n) is 5.08. The van der Waals surface area contributed by atoms with E-state index < -0.39 is 0 Å². The van der Waals surface area contributed by atoms with Crippen LogP contribution in [0.4, 0.5) is 4.39 Å². The van der Waals surface area contributed by atoms with Crippen LogP contribution >= 0.6 is 0 Å². The number of rotatable bonds is 4. The second kappa shape index (κ2) is 6.98. The van der Waals surface area contributed by atoms with E-state index in [2.05, 4.69) is 10.1 Å². The van der Waals surface area contributed by atoms with Crippen LogP contribution in [-0.2, 0) is 11.3 Å². The van der Waals surface area contributed by atoms with Gasteiger partial charge in [-0.2, -0.15) is 4.98 Å². The van der Waals surface area contributed by atoms with E-state index in [0.717, 1.165) is 42.9 Å². The molecule has 0 radical (unpaired) electrons. The molecule has 1 aliphatic heterocycles. The zero-order valence-corrected chi connectivity index (χ0v) is 15.4. The van der Waals surface area contributed by atoms with Crippen LogP contribution in [0.25, 0.3) is 22.8 Å². The number of halogens is 1. The maximum absolute atomic E-state index is 13.1. The second-order valence-electron chi connectivity index (χ2n) is 6.89. The lowest BCUT2D eigenvalue weighted by Gasteiger charge is -2.17. The van der Waals surface area contributed by atoms with Crippen LogP contribution in [0.1, 0.15) is 24.2 Å². The number of likely N-dealkylation sites (tertiary alicyclic amines) is 1. The van der Waals surface area contributed by atoms with Crippen LogP contribution in [0, 0.1) is 19.7 Å². The molecule has 27 heavy (non-hydrogen) atoms. The third-order valence-corrected chi connectivity index (χ3v) is 5.08. The fraction of sp³-hybridized carbons (Fsp3) is 0.350. The topological polar surface area (TPSA) is 64.2 Å². The molecule has 2 aromatic heterocycles. The van der Waals surface area contributed by atoms with Crippen molar-refractivity contribution < 1.29 is 13.7 Å². The molecule has 7 heteroatoms. The Hall–Kier alpha value is -2.96. The van der Waals surface area contributed by atoms with Crippen molar-refractivity contribution in [1.82, 2.24) is 19.6 Å². The van der Waals surface area contributed by atoms with Crippen molar-refractivity contribution in [2.45, 2.75) is 33.2 Å². The van der Waals surface area contributed by atoms with Crippen molar-refractivity contribution in [1.29, 1.82) is 0 Å². The maximum Gasteiger partial charge on any atom is 0.260 e. The number of carbonyl (C=O) groups excluding carboxylic acids is 1. The van der Waals surface area contributed by atoms with E-state index in [4.69, 9.17) is 4.52 Å². The van der Waals surface area contributed by atoms with Crippen LogP contribution < -0.4 is 0 Å². The van der Waals surface area contributed by atoms with Gasteiger partial charge in [0.05, 0.1) is 5.56 Å². The van der Waals surface area contributed by atoms with Gasteiger partial charge in [-0.05, 0) is 57.0 Å². The molecule has 1 amide bonds. The van der Waals surface area contributed by atoms with Gasteiger partial charge in [0, 0.05) is 30.0 Å². The zero-order valence-electron chi connectivity index (χ0n) is 15.4. The van der Waals surface area contributed by atoms with Gasteiger partial charge in [0.25, 0.3) is 5.89 Å². The largest absolute Gasteiger partial charge is 0.341 e. The molecule has 0 bridgehead atoms. The molecular weight excluding hydrogens is 347 g/mol. The third kappa shape index (κ3) is 3.37. The number of carbonyl (C=O) groups is 1. The summed E-state index contributed by atoms with van der Waals surface area (Å²) in [7, 11) is 0. The van der Waals surface area contributed by atoms with Crippen LogP contribution in [0.2, 0.25) is 0 Å². The van der Waals surface area contributed by atoms with Gasteiger partial charge in [0.2, 0.25) is 11.7 Å². The van der Waals surface area contributed by atoms with Gasteiger partial charge in [-0.25, -0.2) is 4.39 Å². The first kappa shape index (κ1) is 17.5. The van der Waals surface area contributed by atoms with E-state index in [-0.39, 0.29) is 11.7 Å². The summed E-state index contributed by atoms with van der Waals surface area (Å²) in [6.45, 7) is 5.91. The Morgan fingerprint density at radius 3 is 2.59 bits per heavy atom. The molecule has 3 heterocycles. The van der Waals surface area contributed by atoms with Gasteiger partial charge in [-0.3, -0.25) is 4.79 Å². The smallest absolute Gasteiger partial charge is 0.260 e. The number of hydrogen-bond donors (Lipinski definition) is 0. The van der Waals surface area contributed by atoms with Gasteiger partial charge in [0.1, 0.15) is 12.4 Å². The lowest BCUT2D eigenvalue weighted by molar-refractivity contribution is -0.130. The van der Waals surface area contributed by atoms with Gasteiger partial charge >= 0.3 is 0 Å². The molecule has 1 fully saturated rings. The van der Waals surface area contributed by atoms with E-state index in [9.17, 15) is 9.18 Å². The minimum atomic E-state index is -0.311. The normalized spacial score (nSPS) is 14.1. The highest BCUT2D eigenvalue weighted by Gasteiger charge is 2.22. The van der Waals surface area contributed by atoms with E-state index in [1.807, 2.05) is 29.4 Å². The van der Waals surface area contributed by atoms with E-state index >= 15 is 0 Å². The lowest BCUT2D eigenvalue weighted by Crippen LogP contribution is -2.31. The molecule has 0 unspecified atom stereocenters.